The topological polar surface area (TPSA) is 83.6 Å². The molecule has 9 heteroatoms. The van der Waals surface area contributed by atoms with Crippen molar-refractivity contribution in [3.05, 3.63) is 64.8 Å². The predicted molar refractivity (Wildman–Crippen MR) is 80.6 cm³/mol. The Hall–Kier alpha value is -3.23. The van der Waals surface area contributed by atoms with Crippen molar-refractivity contribution in [2.75, 3.05) is 5.32 Å². The van der Waals surface area contributed by atoms with E-state index in [0.717, 1.165) is 6.07 Å². The van der Waals surface area contributed by atoms with Crippen molar-refractivity contribution in [3.8, 4) is 11.3 Å². The Bertz CT molecular complexity index is 923. The lowest BCUT2D eigenvalue weighted by molar-refractivity contribution is -0.141. The molecule has 0 saturated heterocycles. The van der Waals surface area contributed by atoms with Crippen molar-refractivity contribution >= 4 is 11.8 Å². The van der Waals surface area contributed by atoms with Crippen molar-refractivity contribution in [1.82, 2.24) is 19.9 Å². The van der Waals surface area contributed by atoms with Crippen LogP contribution in [0.1, 0.15) is 5.69 Å². The number of hydrogen-bond acceptors (Lipinski definition) is 5. The van der Waals surface area contributed by atoms with Gasteiger partial charge in [0, 0.05) is 24.0 Å². The summed E-state index contributed by atoms with van der Waals surface area (Å²) in [6.07, 6.45) is -1.63. The SMILES string of the molecule is O=c1cc(-c2ccnc(Nc3cccc(C(F)(F)F)n3)n2)cc[nH]1. The second-order valence-corrected chi connectivity index (χ2v) is 4.74. The van der Waals surface area contributed by atoms with E-state index in [-0.39, 0.29) is 17.3 Å². The van der Waals surface area contributed by atoms with Gasteiger partial charge in [0.1, 0.15) is 11.5 Å². The Morgan fingerprint density at radius 2 is 1.92 bits per heavy atom. The number of nitrogens with one attached hydrogen (secondary N) is 2. The number of halogens is 3. The molecule has 0 aliphatic rings. The molecule has 3 heterocycles. The first-order valence-electron chi connectivity index (χ1n) is 6.75. The minimum absolute atomic E-state index is 0.0344. The number of nitrogens with zero attached hydrogens (tertiary/aromatic N) is 3. The molecule has 0 aromatic carbocycles. The van der Waals surface area contributed by atoms with Gasteiger partial charge in [-0.1, -0.05) is 6.07 Å². The largest absolute Gasteiger partial charge is 0.433 e. The molecule has 0 fully saturated rings. The first kappa shape index (κ1) is 15.7. The van der Waals surface area contributed by atoms with Crippen LogP contribution in [-0.2, 0) is 6.18 Å². The van der Waals surface area contributed by atoms with Gasteiger partial charge in [0.25, 0.3) is 0 Å². The highest BCUT2D eigenvalue weighted by Gasteiger charge is 2.32. The zero-order chi connectivity index (χ0) is 17.2. The molecule has 0 bridgehead atoms. The summed E-state index contributed by atoms with van der Waals surface area (Å²) < 4.78 is 38.0. The highest BCUT2D eigenvalue weighted by molar-refractivity contribution is 5.60. The van der Waals surface area contributed by atoms with E-state index < -0.39 is 11.9 Å². The van der Waals surface area contributed by atoms with Crippen LogP contribution in [0.5, 0.6) is 0 Å². The maximum Gasteiger partial charge on any atom is 0.433 e. The summed E-state index contributed by atoms with van der Waals surface area (Å²) in [5.74, 6) is 0.0347. The fourth-order valence-electron chi connectivity index (χ4n) is 1.96. The summed E-state index contributed by atoms with van der Waals surface area (Å²) in [7, 11) is 0. The fourth-order valence-corrected chi connectivity index (χ4v) is 1.96. The summed E-state index contributed by atoms with van der Waals surface area (Å²) in [5, 5.41) is 2.62. The van der Waals surface area contributed by atoms with Gasteiger partial charge >= 0.3 is 6.18 Å². The number of pyridine rings is 2. The Balaban J connectivity index is 1.89. The van der Waals surface area contributed by atoms with Gasteiger partial charge in [-0.15, -0.1) is 0 Å². The molecule has 0 saturated carbocycles. The van der Waals surface area contributed by atoms with E-state index in [2.05, 4.69) is 25.3 Å². The Morgan fingerprint density at radius 1 is 1.08 bits per heavy atom. The van der Waals surface area contributed by atoms with Crippen LogP contribution in [0, 0.1) is 0 Å². The lowest BCUT2D eigenvalue weighted by atomic mass is 10.2. The molecule has 122 valence electrons. The first-order valence-corrected chi connectivity index (χ1v) is 6.75. The van der Waals surface area contributed by atoms with Crippen LogP contribution in [0.25, 0.3) is 11.3 Å². The molecular formula is C15H10F3N5O. The molecule has 6 nitrogen and oxygen atoms in total. The van der Waals surface area contributed by atoms with E-state index in [1.165, 1.54) is 30.6 Å². The van der Waals surface area contributed by atoms with Gasteiger partial charge in [0.05, 0.1) is 5.69 Å². The van der Waals surface area contributed by atoms with E-state index >= 15 is 0 Å². The minimum Gasteiger partial charge on any atom is -0.329 e. The standard InChI is InChI=1S/C15H10F3N5O/c16-15(17,18)11-2-1-3-12(22-11)23-14-20-7-5-10(21-14)9-4-6-19-13(24)8-9/h1-8H,(H,19,24)(H,20,21,22,23). The number of rotatable bonds is 3. The maximum absolute atomic E-state index is 12.7. The molecule has 0 atom stereocenters. The third-order valence-electron chi connectivity index (χ3n) is 3.01. The van der Waals surface area contributed by atoms with Gasteiger partial charge in [-0.2, -0.15) is 13.2 Å². The minimum atomic E-state index is -4.54. The summed E-state index contributed by atoms with van der Waals surface area (Å²) in [6, 6.07) is 8.07. The lowest BCUT2D eigenvalue weighted by Crippen LogP contribution is -2.09. The van der Waals surface area contributed by atoms with Crippen LogP contribution in [0.4, 0.5) is 24.9 Å². The summed E-state index contributed by atoms with van der Waals surface area (Å²) in [6.45, 7) is 0. The van der Waals surface area contributed by atoms with Crippen molar-refractivity contribution in [1.29, 1.82) is 0 Å². The molecule has 3 aromatic rings. The van der Waals surface area contributed by atoms with E-state index in [1.54, 1.807) is 12.1 Å². The number of alkyl halides is 3. The van der Waals surface area contributed by atoms with Crippen molar-refractivity contribution < 1.29 is 13.2 Å². The lowest BCUT2D eigenvalue weighted by Gasteiger charge is -2.09. The molecule has 2 N–H and O–H groups in total. The third kappa shape index (κ3) is 3.57. The summed E-state index contributed by atoms with van der Waals surface area (Å²) in [5.41, 5.74) is -0.301. The van der Waals surface area contributed by atoms with Gasteiger partial charge in [0.2, 0.25) is 11.5 Å². The van der Waals surface area contributed by atoms with Crippen LogP contribution < -0.4 is 10.9 Å². The molecule has 3 rings (SSSR count). The van der Waals surface area contributed by atoms with Crippen molar-refractivity contribution in [3.63, 3.8) is 0 Å². The van der Waals surface area contributed by atoms with Crippen LogP contribution in [0.15, 0.2) is 53.6 Å². The third-order valence-corrected chi connectivity index (χ3v) is 3.01. The molecule has 0 unspecified atom stereocenters. The van der Waals surface area contributed by atoms with Gasteiger partial charge in [-0.25, -0.2) is 15.0 Å². The van der Waals surface area contributed by atoms with Crippen molar-refractivity contribution in [2.45, 2.75) is 6.18 Å². The molecule has 0 amide bonds. The van der Waals surface area contributed by atoms with Gasteiger partial charge in [0.15, 0.2) is 0 Å². The number of aromatic nitrogens is 4. The van der Waals surface area contributed by atoms with E-state index in [4.69, 9.17) is 0 Å². The predicted octanol–water partition coefficient (Wildman–Crippen LogP) is 2.99. The number of hydrogen-bond donors (Lipinski definition) is 2. The zero-order valence-corrected chi connectivity index (χ0v) is 12.0. The molecule has 0 aliphatic carbocycles. The van der Waals surface area contributed by atoms with Gasteiger partial charge in [-0.05, 0) is 24.3 Å². The van der Waals surface area contributed by atoms with E-state index in [9.17, 15) is 18.0 Å². The van der Waals surface area contributed by atoms with Crippen molar-refractivity contribution in [2.24, 2.45) is 0 Å². The fraction of sp³-hybridized carbons (Fsp3) is 0.0667. The average Bonchev–Trinajstić information content (AvgIpc) is 2.55. The van der Waals surface area contributed by atoms with Crippen LogP contribution in [-0.4, -0.2) is 19.9 Å². The second-order valence-electron chi connectivity index (χ2n) is 4.74. The van der Waals surface area contributed by atoms with E-state index in [0.29, 0.717) is 11.3 Å². The quantitative estimate of drug-likeness (QED) is 0.770. The Morgan fingerprint density at radius 3 is 2.67 bits per heavy atom. The van der Waals surface area contributed by atoms with Gasteiger partial charge < -0.3 is 10.3 Å². The molecular weight excluding hydrogens is 323 g/mol. The highest BCUT2D eigenvalue weighted by atomic mass is 19.4. The number of aromatic amines is 1. The summed E-state index contributed by atoms with van der Waals surface area (Å²) >= 11 is 0. The number of H-pyrrole nitrogens is 1. The van der Waals surface area contributed by atoms with Gasteiger partial charge in [-0.3, -0.25) is 4.79 Å². The number of anilines is 2. The van der Waals surface area contributed by atoms with Crippen LogP contribution in [0.3, 0.4) is 0 Å². The Labute approximate surface area is 133 Å². The summed E-state index contributed by atoms with van der Waals surface area (Å²) in [4.78, 5) is 25.4. The first-order chi connectivity index (χ1) is 11.4. The second kappa shape index (κ2) is 6.11. The Kier molecular flexibility index (Phi) is 3.98. The zero-order valence-electron chi connectivity index (χ0n) is 12.0. The normalized spacial score (nSPS) is 11.3. The highest BCUT2D eigenvalue weighted by Crippen LogP contribution is 2.28. The molecule has 0 spiro atoms. The maximum atomic E-state index is 12.7. The smallest absolute Gasteiger partial charge is 0.329 e. The monoisotopic (exact) mass is 333 g/mol. The van der Waals surface area contributed by atoms with Crippen LogP contribution in [0.2, 0.25) is 0 Å². The molecule has 0 radical (unpaired) electrons. The molecule has 3 aromatic heterocycles. The molecule has 0 aliphatic heterocycles. The van der Waals surface area contributed by atoms with Crippen LogP contribution >= 0.6 is 0 Å². The average molecular weight is 333 g/mol. The van der Waals surface area contributed by atoms with E-state index in [1.807, 2.05) is 0 Å². The molecule has 24 heavy (non-hydrogen) atoms.